The van der Waals surface area contributed by atoms with Crippen LogP contribution < -0.4 is 0 Å². The minimum Gasteiger partial charge on any atom is -0.465 e. The van der Waals surface area contributed by atoms with Gasteiger partial charge in [-0.3, -0.25) is 14.9 Å². The van der Waals surface area contributed by atoms with Crippen LogP contribution in [0.4, 0.5) is 5.69 Å². The lowest BCUT2D eigenvalue weighted by Gasteiger charge is -2.01. The van der Waals surface area contributed by atoms with Crippen LogP contribution in [0.1, 0.15) is 5.56 Å². The number of rotatable bonds is 4. The molecule has 0 aromatic heterocycles. The summed E-state index contributed by atoms with van der Waals surface area (Å²) in [5, 5.41) is 10.3. The molecule has 15 heavy (non-hydrogen) atoms. The van der Waals surface area contributed by atoms with Crippen molar-refractivity contribution in [2.45, 2.75) is 6.42 Å². The van der Waals surface area contributed by atoms with Gasteiger partial charge in [0.25, 0.3) is 5.69 Å². The number of nitro benzene ring substituents is 1. The molecule has 0 aliphatic heterocycles. The van der Waals surface area contributed by atoms with E-state index in [0.29, 0.717) is 5.56 Å². The second-order valence-electron chi connectivity index (χ2n) is 2.82. The first-order chi connectivity index (χ1) is 7.13. The van der Waals surface area contributed by atoms with Crippen LogP contribution in [0.2, 0.25) is 0 Å². The molecular formula is C10H10NO4. The molecule has 0 unspecified atom stereocenters. The number of benzene rings is 1. The fourth-order valence-corrected chi connectivity index (χ4v) is 1.07. The van der Waals surface area contributed by atoms with E-state index < -0.39 is 4.92 Å². The first-order valence-corrected chi connectivity index (χ1v) is 4.31. The van der Waals surface area contributed by atoms with E-state index in [0.717, 1.165) is 0 Å². The van der Waals surface area contributed by atoms with E-state index >= 15 is 0 Å². The molecule has 1 rings (SSSR count). The number of nitrogens with zero attached hydrogens (tertiary/aromatic N) is 1. The molecule has 5 heteroatoms. The maximum absolute atomic E-state index is 11.0. The number of hydrogen-bond acceptors (Lipinski definition) is 4. The lowest BCUT2D eigenvalue weighted by atomic mass is 10.1. The summed E-state index contributed by atoms with van der Waals surface area (Å²) in [6, 6.07) is 5.77. The van der Waals surface area contributed by atoms with Crippen LogP contribution >= 0.6 is 0 Å². The summed E-state index contributed by atoms with van der Waals surface area (Å²) in [4.78, 5) is 20.9. The van der Waals surface area contributed by atoms with Gasteiger partial charge in [-0.05, 0) is 12.5 Å². The highest BCUT2D eigenvalue weighted by atomic mass is 16.6. The molecule has 5 nitrogen and oxygen atoms in total. The third-order valence-electron chi connectivity index (χ3n) is 1.76. The third-order valence-corrected chi connectivity index (χ3v) is 1.76. The quantitative estimate of drug-likeness (QED) is 0.427. The SMILES string of the molecule is [CH2]COC(=O)Cc1ccc([N+](=O)[O-])cc1. The van der Waals surface area contributed by atoms with Gasteiger partial charge in [0.1, 0.15) is 0 Å². The Kier molecular flexibility index (Phi) is 3.79. The van der Waals surface area contributed by atoms with Crippen molar-refractivity contribution in [1.29, 1.82) is 0 Å². The van der Waals surface area contributed by atoms with Gasteiger partial charge in [0.15, 0.2) is 0 Å². The van der Waals surface area contributed by atoms with Crippen LogP contribution in [0.15, 0.2) is 24.3 Å². The number of nitro groups is 1. The highest BCUT2D eigenvalue weighted by Gasteiger charge is 2.07. The predicted molar refractivity (Wildman–Crippen MR) is 53.1 cm³/mol. The van der Waals surface area contributed by atoms with E-state index in [2.05, 4.69) is 11.7 Å². The van der Waals surface area contributed by atoms with E-state index in [1.54, 1.807) is 0 Å². The molecule has 0 spiro atoms. The number of esters is 1. The van der Waals surface area contributed by atoms with Gasteiger partial charge in [-0.15, -0.1) is 0 Å². The summed E-state index contributed by atoms with van der Waals surface area (Å²) in [6.45, 7) is 3.46. The van der Waals surface area contributed by atoms with Gasteiger partial charge in [0.2, 0.25) is 0 Å². The van der Waals surface area contributed by atoms with Crippen molar-refractivity contribution in [3.05, 3.63) is 46.9 Å². The van der Waals surface area contributed by atoms with Crippen molar-refractivity contribution in [3.63, 3.8) is 0 Å². The number of hydrogen-bond donors (Lipinski definition) is 0. The molecule has 0 fully saturated rings. The maximum atomic E-state index is 11.0. The zero-order chi connectivity index (χ0) is 11.3. The lowest BCUT2D eigenvalue weighted by molar-refractivity contribution is -0.384. The monoisotopic (exact) mass is 208 g/mol. The van der Waals surface area contributed by atoms with Gasteiger partial charge >= 0.3 is 5.97 Å². The van der Waals surface area contributed by atoms with Crippen LogP contribution in [0, 0.1) is 17.0 Å². The summed E-state index contributed by atoms with van der Waals surface area (Å²) < 4.78 is 4.64. The molecule has 1 aromatic carbocycles. The van der Waals surface area contributed by atoms with Gasteiger partial charge in [0.05, 0.1) is 18.0 Å². The minimum atomic E-state index is -0.488. The molecule has 0 aliphatic carbocycles. The second kappa shape index (κ2) is 5.09. The molecule has 0 saturated carbocycles. The van der Waals surface area contributed by atoms with Crippen molar-refractivity contribution >= 4 is 11.7 Å². The van der Waals surface area contributed by atoms with Gasteiger partial charge in [-0.25, -0.2) is 0 Å². The largest absolute Gasteiger partial charge is 0.465 e. The van der Waals surface area contributed by atoms with E-state index in [1.165, 1.54) is 24.3 Å². The second-order valence-corrected chi connectivity index (χ2v) is 2.82. The van der Waals surface area contributed by atoms with Crippen molar-refractivity contribution in [2.24, 2.45) is 0 Å². The van der Waals surface area contributed by atoms with Crippen LogP contribution in [0.25, 0.3) is 0 Å². The summed E-state index contributed by atoms with van der Waals surface area (Å²) in [7, 11) is 0. The molecule has 79 valence electrons. The fraction of sp³-hybridized carbons (Fsp3) is 0.200. The molecule has 0 atom stereocenters. The zero-order valence-electron chi connectivity index (χ0n) is 8.01. The van der Waals surface area contributed by atoms with Crippen molar-refractivity contribution in [2.75, 3.05) is 6.61 Å². The van der Waals surface area contributed by atoms with Crippen LogP contribution in [-0.2, 0) is 16.0 Å². The number of non-ortho nitro benzene ring substituents is 1. The predicted octanol–water partition coefficient (Wildman–Crippen LogP) is 1.51. The normalized spacial score (nSPS) is 9.67. The molecule has 0 bridgehead atoms. The first kappa shape index (κ1) is 11.2. The minimum absolute atomic E-state index is 0.00396. The number of carbonyl (C=O) groups is 1. The molecule has 1 aromatic rings. The Bertz CT molecular complexity index is 358. The van der Waals surface area contributed by atoms with Crippen molar-refractivity contribution in [1.82, 2.24) is 0 Å². The summed E-state index contributed by atoms with van der Waals surface area (Å²) in [5.41, 5.74) is 0.684. The highest BCUT2D eigenvalue weighted by molar-refractivity contribution is 5.72. The Morgan fingerprint density at radius 2 is 2.00 bits per heavy atom. The van der Waals surface area contributed by atoms with Crippen LogP contribution in [0.3, 0.4) is 0 Å². The Labute approximate surface area is 86.8 Å². The highest BCUT2D eigenvalue weighted by Crippen LogP contribution is 2.12. The molecule has 0 amide bonds. The number of carbonyl (C=O) groups excluding carboxylic acids is 1. The molecule has 0 heterocycles. The average molecular weight is 208 g/mol. The molecule has 1 radical (unpaired) electrons. The van der Waals surface area contributed by atoms with E-state index in [9.17, 15) is 14.9 Å². The molecule has 0 aliphatic rings. The maximum Gasteiger partial charge on any atom is 0.310 e. The fourth-order valence-electron chi connectivity index (χ4n) is 1.07. The van der Waals surface area contributed by atoms with Crippen LogP contribution in [0.5, 0.6) is 0 Å². The first-order valence-electron chi connectivity index (χ1n) is 4.31. The Morgan fingerprint density at radius 3 is 2.47 bits per heavy atom. The Hall–Kier alpha value is -1.91. The van der Waals surface area contributed by atoms with Gasteiger partial charge in [-0.1, -0.05) is 12.1 Å². The molecule has 0 N–H and O–H groups in total. The third kappa shape index (κ3) is 3.38. The topological polar surface area (TPSA) is 69.4 Å². The standard InChI is InChI=1S/C10H10NO4/c1-2-15-10(12)7-8-3-5-9(6-4-8)11(13)14/h3-6H,1-2,7H2. The van der Waals surface area contributed by atoms with Crippen molar-refractivity contribution < 1.29 is 14.5 Å². The van der Waals surface area contributed by atoms with Crippen molar-refractivity contribution in [3.8, 4) is 0 Å². The zero-order valence-corrected chi connectivity index (χ0v) is 8.01. The van der Waals surface area contributed by atoms with Gasteiger partial charge in [0, 0.05) is 12.1 Å². The molecule has 0 saturated heterocycles. The van der Waals surface area contributed by atoms with Gasteiger partial charge in [-0.2, -0.15) is 0 Å². The summed E-state index contributed by atoms with van der Waals surface area (Å²) in [5.74, 6) is -0.390. The number of ether oxygens (including phenoxy) is 1. The van der Waals surface area contributed by atoms with E-state index in [4.69, 9.17) is 0 Å². The summed E-state index contributed by atoms with van der Waals surface area (Å²) >= 11 is 0. The molecular weight excluding hydrogens is 198 g/mol. The summed E-state index contributed by atoms with van der Waals surface area (Å²) in [6.07, 6.45) is 0.105. The van der Waals surface area contributed by atoms with Gasteiger partial charge < -0.3 is 4.74 Å². The lowest BCUT2D eigenvalue weighted by Crippen LogP contribution is -2.07. The smallest absolute Gasteiger partial charge is 0.310 e. The van der Waals surface area contributed by atoms with E-state index in [1.807, 2.05) is 0 Å². The average Bonchev–Trinajstić information content (AvgIpc) is 2.18. The Morgan fingerprint density at radius 1 is 1.40 bits per heavy atom. The van der Waals surface area contributed by atoms with E-state index in [-0.39, 0.29) is 24.7 Å². The Balaban J connectivity index is 2.64. The van der Waals surface area contributed by atoms with Crippen LogP contribution in [-0.4, -0.2) is 17.5 Å².